The van der Waals surface area contributed by atoms with Gasteiger partial charge in [-0.05, 0) is 33.6 Å². The minimum atomic E-state index is -0.239. The van der Waals surface area contributed by atoms with Crippen LogP contribution in [0.25, 0.3) is 0 Å². The summed E-state index contributed by atoms with van der Waals surface area (Å²) in [7, 11) is 5.58. The molecule has 0 fully saturated rings. The lowest BCUT2D eigenvalue weighted by Crippen LogP contribution is -2.48. The van der Waals surface area contributed by atoms with Crippen molar-refractivity contribution in [3.8, 4) is 0 Å². The fourth-order valence-corrected chi connectivity index (χ4v) is 2.89. The third-order valence-corrected chi connectivity index (χ3v) is 3.92. The number of guanidine groups is 1. The first-order valence-corrected chi connectivity index (χ1v) is 8.89. The summed E-state index contributed by atoms with van der Waals surface area (Å²) in [5.41, 5.74) is 3.32. The van der Waals surface area contributed by atoms with Gasteiger partial charge in [0.2, 0.25) is 5.91 Å². The zero-order chi connectivity index (χ0) is 19.2. The molecule has 0 aliphatic carbocycles. The summed E-state index contributed by atoms with van der Waals surface area (Å²) in [4.78, 5) is 18.2. The molecule has 0 aromatic carbocycles. The van der Waals surface area contributed by atoms with Gasteiger partial charge in [0, 0.05) is 44.5 Å². The Bertz CT molecular complexity index is 612. The van der Waals surface area contributed by atoms with Crippen molar-refractivity contribution in [3.63, 3.8) is 0 Å². The number of aliphatic imine (C=N–C) groups is 1. The van der Waals surface area contributed by atoms with Gasteiger partial charge in [0.15, 0.2) is 5.96 Å². The van der Waals surface area contributed by atoms with Crippen LogP contribution in [0, 0.1) is 0 Å². The topological polar surface area (TPSA) is 74.5 Å². The Labute approximate surface area is 151 Å². The van der Waals surface area contributed by atoms with E-state index >= 15 is 0 Å². The van der Waals surface area contributed by atoms with E-state index in [1.165, 1.54) is 11.3 Å². The van der Waals surface area contributed by atoms with Gasteiger partial charge >= 0.3 is 0 Å². The van der Waals surface area contributed by atoms with E-state index in [9.17, 15) is 4.79 Å². The molecule has 7 nitrogen and oxygen atoms in total. The van der Waals surface area contributed by atoms with Crippen molar-refractivity contribution < 1.29 is 4.79 Å². The van der Waals surface area contributed by atoms with Gasteiger partial charge in [-0.1, -0.05) is 13.8 Å². The molecular weight excluding hydrogens is 316 g/mol. The van der Waals surface area contributed by atoms with E-state index < -0.39 is 0 Å². The van der Waals surface area contributed by atoms with Gasteiger partial charge in [-0.15, -0.1) is 0 Å². The van der Waals surface area contributed by atoms with E-state index in [0.717, 1.165) is 18.5 Å². The first-order valence-electron chi connectivity index (χ1n) is 8.89. The summed E-state index contributed by atoms with van der Waals surface area (Å²) in [5, 5.41) is 10.9. The molecule has 1 aromatic rings. The molecule has 0 saturated heterocycles. The van der Waals surface area contributed by atoms with Crippen molar-refractivity contribution in [2.24, 2.45) is 12.0 Å². The van der Waals surface area contributed by atoms with Gasteiger partial charge in [0.1, 0.15) is 0 Å². The summed E-state index contributed by atoms with van der Waals surface area (Å²) < 4.78 is 1.96. The molecular formula is C18H34N6O. The predicted molar refractivity (Wildman–Crippen MR) is 103 cm³/mol. The number of hydrogen-bond donors (Lipinski definition) is 2. The average Bonchev–Trinajstić information content (AvgIpc) is 2.80. The Morgan fingerprint density at radius 1 is 1.28 bits per heavy atom. The number of hydrogen-bond acceptors (Lipinski definition) is 3. The number of likely N-dealkylation sites (N-methyl/N-ethyl adjacent to an activating group) is 1. The van der Waals surface area contributed by atoms with Crippen LogP contribution < -0.4 is 10.6 Å². The largest absolute Gasteiger partial charge is 0.352 e. The van der Waals surface area contributed by atoms with Gasteiger partial charge in [0.05, 0.1) is 12.2 Å². The fraction of sp³-hybridized carbons (Fsp3) is 0.722. The molecule has 25 heavy (non-hydrogen) atoms. The highest BCUT2D eigenvalue weighted by molar-refractivity contribution is 5.86. The van der Waals surface area contributed by atoms with Crippen LogP contribution in [0.1, 0.15) is 51.6 Å². The van der Waals surface area contributed by atoms with E-state index in [4.69, 9.17) is 0 Å². The Morgan fingerprint density at radius 3 is 2.40 bits per heavy atom. The van der Waals surface area contributed by atoms with Gasteiger partial charge < -0.3 is 15.5 Å². The van der Waals surface area contributed by atoms with E-state index in [1.54, 1.807) is 7.05 Å². The third-order valence-electron chi connectivity index (χ3n) is 3.92. The molecule has 0 radical (unpaired) electrons. The standard InChI is InChI=1S/C18H34N6O/c1-9-14-13(15(10-2)24(8)22-14)11-20-17(19-6)23(7)12-16(25)21-18(3,4)5/h9-12H2,1-8H3,(H,19,20)(H,21,25). The van der Waals surface area contributed by atoms with Crippen molar-refractivity contribution in [2.75, 3.05) is 20.6 Å². The quantitative estimate of drug-likeness (QED) is 0.602. The van der Waals surface area contributed by atoms with Crippen LogP contribution in [0.15, 0.2) is 4.99 Å². The van der Waals surface area contributed by atoms with Crippen LogP contribution >= 0.6 is 0 Å². The first-order chi connectivity index (χ1) is 11.6. The number of nitrogens with zero attached hydrogens (tertiary/aromatic N) is 4. The number of aryl methyl sites for hydroxylation is 2. The summed E-state index contributed by atoms with van der Waals surface area (Å²) in [6.07, 6.45) is 1.83. The Hall–Kier alpha value is -2.05. The van der Waals surface area contributed by atoms with Crippen LogP contribution in [0.2, 0.25) is 0 Å². The summed E-state index contributed by atoms with van der Waals surface area (Å²) in [5.74, 6) is 0.667. The molecule has 0 bridgehead atoms. The molecule has 0 aliphatic rings. The van der Waals surface area contributed by atoms with Gasteiger partial charge in [0.25, 0.3) is 0 Å². The number of nitrogens with one attached hydrogen (secondary N) is 2. The van der Waals surface area contributed by atoms with Gasteiger partial charge in [-0.25, -0.2) is 0 Å². The maximum atomic E-state index is 12.1. The van der Waals surface area contributed by atoms with Crippen LogP contribution in [0.4, 0.5) is 0 Å². The maximum Gasteiger partial charge on any atom is 0.240 e. The van der Waals surface area contributed by atoms with Crippen LogP contribution in [-0.2, 0) is 31.2 Å². The van der Waals surface area contributed by atoms with E-state index in [2.05, 4.69) is 34.6 Å². The van der Waals surface area contributed by atoms with Crippen molar-refractivity contribution in [1.82, 2.24) is 25.3 Å². The second-order valence-electron chi connectivity index (χ2n) is 7.26. The number of rotatable bonds is 6. The monoisotopic (exact) mass is 350 g/mol. The zero-order valence-electron chi connectivity index (χ0n) is 17.0. The summed E-state index contributed by atoms with van der Waals surface area (Å²) >= 11 is 0. The minimum Gasteiger partial charge on any atom is -0.352 e. The van der Waals surface area contributed by atoms with Crippen molar-refractivity contribution in [2.45, 2.75) is 59.5 Å². The average molecular weight is 351 g/mol. The van der Waals surface area contributed by atoms with Crippen molar-refractivity contribution in [1.29, 1.82) is 0 Å². The second-order valence-corrected chi connectivity index (χ2v) is 7.26. The van der Waals surface area contributed by atoms with Crippen LogP contribution in [0.3, 0.4) is 0 Å². The van der Waals surface area contributed by atoms with E-state index in [1.807, 2.05) is 44.4 Å². The molecule has 1 aromatic heterocycles. The second kappa shape index (κ2) is 8.87. The maximum absolute atomic E-state index is 12.1. The lowest BCUT2D eigenvalue weighted by atomic mass is 10.1. The van der Waals surface area contributed by atoms with Gasteiger partial charge in [-0.3, -0.25) is 14.5 Å². The molecule has 7 heteroatoms. The van der Waals surface area contributed by atoms with Crippen molar-refractivity contribution in [3.05, 3.63) is 17.0 Å². The smallest absolute Gasteiger partial charge is 0.240 e. The zero-order valence-corrected chi connectivity index (χ0v) is 17.0. The molecule has 1 rings (SSSR count). The molecule has 1 amide bonds. The Kier molecular flexibility index (Phi) is 7.45. The number of carbonyl (C=O) groups is 1. The lowest BCUT2D eigenvalue weighted by Gasteiger charge is -2.25. The lowest BCUT2D eigenvalue weighted by molar-refractivity contribution is -0.122. The van der Waals surface area contributed by atoms with Crippen molar-refractivity contribution >= 4 is 11.9 Å². The minimum absolute atomic E-state index is 0.0252. The first kappa shape index (κ1) is 21.0. The molecule has 142 valence electrons. The van der Waals surface area contributed by atoms with E-state index in [0.29, 0.717) is 12.5 Å². The summed E-state index contributed by atoms with van der Waals surface area (Å²) in [6.45, 7) is 11.1. The molecule has 2 N–H and O–H groups in total. The molecule has 0 atom stereocenters. The Balaban J connectivity index is 2.76. The van der Waals surface area contributed by atoms with Gasteiger partial charge in [-0.2, -0.15) is 5.10 Å². The van der Waals surface area contributed by atoms with Crippen LogP contribution in [-0.4, -0.2) is 52.7 Å². The molecule has 0 unspecified atom stereocenters. The molecule has 0 spiro atoms. The number of carbonyl (C=O) groups excluding carboxylic acids is 1. The predicted octanol–water partition coefficient (Wildman–Crippen LogP) is 1.47. The van der Waals surface area contributed by atoms with E-state index in [-0.39, 0.29) is 18.0 Å². The fourth-order valence-electron chi connectivity index (χ4n) is 2.89. The normalized spacial score (nSPS) is 12.2. The van der Waals surface area contributed by atoms with Crippen LogP contribution in [0.5, 0.6) is 0 Å². The highest BCUT2D eigenvalue weighted by Crippen LogP contribution is 2.15. The summed E-state index contributed by atoms with van der Waals surface area (Å²) in [6, 6.07) is 0. The molecule has 0 saturated carbocycles. The number of amides is 1. The Morgan fingerprint density at radius 2 is 1.92 bits per heavy atom. The third kappa shape index (κ3) is 6.07. The molecule has 0 aliphatic heterocycles. The number of aromatic nitrogens is 2. The highest BCUT2D eigenvalue weighted by Gasteiger charge is 2.18. The molecule has 1 heterocycles. The SMILES string of the molecule is CCc1nn(C)c(CC)c1CNC(=NC)N(C)CC(=O)NC(C)(C)C. The highest BCUT2D eigenvalue weighted by atomic mass is 16.2.